The summed E-state index contributed by atoms with van der Waals surface area (Å²) in [5, 5.41) is 8.67. The van der Waals surface area contributed by atoms with E-state index in [1.807, 2.05) is 60.7 Å². The van der Waals surface area contributed by atoms with Crippen molar-refractivity contribution in [3.05, 3.63) is 182 Å². The first-order chi connectivity index (χ1) is 27.3. The highest BCUT2D eigenvalue weighted by Crippen LogP contribution is 2.42. The molecule has 0 bridgehead atoms. The Morgan fingerprint density at radius 1 is 0.327 bits per heavy atom. The van der Waals surface area contributed by atoms with E-state index in [4.69, 9.17) is 24.4 Å². The summed E-state index contributed by atoms with van der Waals surface area (Å²) in [6, 6.07) is 62.8. The van der Waals surface area contributed by atoms with Crippen LogP contribution in [0.4, 0.5) is 0 Å². The van der Waals surface area contributed by atoms with E-state index in [9.17, 15) is 0 Å². The van der Waals surface area contributed by atoms with Gasteiger partial charge in [0.2, 0.25) is 5.89 Å². The predicted octanol–water partition coefficient (Wildman–Crippen LogP) is 13.0. The summed E-state index contributed by atoms with van der Waals surface area (Å²) in [7, 11) is 0. The van der Waals surface area contributed by atoms with Crippen LogP contribution in [0.1, 0.15) is 0 Å². The van der Waals surface area contributed by atoms with Crippen molar-refractivity contribution in [2.75, 3.05) is 0 Å². The van der Waals surface area contributed by atoms with Crippen molar-refractivity contribution in [3.63, 3.8) is 0 Å². The molecule has 0 atom stereocenters. The average Bonchev–Trinajstić information content (AvgIpc) is 3.71. The smallest absolute Gasteiger partial charge is 0.227 e. The molecule has 0 aliphatic heterocycles. The van der Waals surface area contributed by atoms with Crippen molar-refractivity contribution in [1.29, 1.82) is 0 Å². The Balaban J connectivity index is 1.17. The molecule has 55 heavy (non-hydrogen) atoms. The predicted molar refractivity (Wildman–Crippen MR) is 225 cm³/mol. The molecule has 0 aliphatic carbocycles. The summed E-state index contributed by atoms with van der Waals surface area (Å²) < 4.78 is 6.60. The third kappa shape index (κ3) is 5.17. The van der Waals surface area contributed by atoms with E-state index in [0.29, 0.717) is 23.4 Å². The van der Waals surface area contributed by atoms with Gasteiger partial charge < -0.3 is 4.42 Å². The molecule has 0 saturated heterocycles. The molecular weight excluding hydrogens is 673 g/mol. The Kier molecular flexibility index (Phi) is 7.10. The Morgan fingerprint density at radius 3 is 1.55 bits per heavy atom. The van der Waals surface area contributed by atoms with Gasteiger partial charge in [0.1, 0.15) is 5.52 Å². The molecule has 11 rings (SSSR count). The molecule has 9 aromatic carbocycles. The lowest BCUT2D eigenvalue weighted by atomic mass is 9.92. The third-order valence-corrected chi connectivity index (χ3v) is 10.5. The molecule has 0 spiro atoms. The second-order valence-electron chi connectivity index (χ2n) is 13.8. The van der Waals surface area contributed by atoms with E-state index in [-0.39, 0.29) is 0 Å². The maximum Gasteiger partial charge on any atom is 0.227 e. The van der Waals surface area contributed by atoms with Gasteiger partial charge in [-0.1, -0.05) is 152 Å². The van der Waals surface area contributed by atoms with Crippen LogP contribution >= 0.6 is 0 Å². The van der Waals surface area contributed by atoms with Gasteiger partial charge in [-0.2, -0.15) is 0 Å². The standard InChI is InChI=1S/C50H30N4O/c1-4-14-31(15-5-1)36-27-28-41(38-21-11-10-20-37(36)38)48-52-47(33-16-6-2-7-17-33)53-49(54-48)42-30-35-25-24-32-26-29-43-46(55-50(51-43)34-18-8-3-9-19-34)45(32)44(35)40-23-13-12-22-39(40)42/h1-30H. The molecule has 2 aromatic heterocycles. The molecule has 0 fully saturated rings. The second kappa shape index (κ2) is 12.6. The fourth-order valence-corrected chi connectivity index (χ4v) is 7.98. The number of nitrogens with zero attached hydrogens (tertiary/aromatic N) is 4. The fourth-order valence-electron chi connectivity index (χ4n) is 7.98. The van der Waals surface area contributed by atoms with Gasteiger partial charge in [0.15, 0.2) is 23.1 Å². The molecule has 0 unspecified atom stereocenters. The maximum absolute atomic E-state index is 6.60. The molecule has 2 heterocycles. The van der Waals surface area contributed by atoms with E-state index < -0.39 is 0 Å². The van der Waals surface area contributed by atoms with Crippen LogP contribution in [-0.4, -0.2) is 19.9 Å². The van der Waals surface area contributed by atoms with Crippen LogP contribution in [0.2, 0.25) is 0 Å². The quantitative estimate of drug-likeness (QED) is 0.167. The number of oxazole rings is 1. The highest BCUT2D eigenvalue weighted by molar-refractivity contribution is 6.28. The Labute approximate surface area is 316 Å². The number of fused-ring (bicyclic) bond motifs is 8. The van der Waals surface area contributed by atoms with Crippen LogP contribution in [0.3, 0.4) is 0 Å². The van der Waals surface area contributed by atoms with Gasteiger partial charge >= 0.3 is 0 Å². The van der Waals surface area contributed by atoms with Crippen molar-refractivity contribution in [3.8, 4) is 56.7 Å². The molecule has 0 saturated carbocycles. The van der Waals surface area contributed by atoms with Gasteiger partial charge in [-0.3, -0.25) is 0 Å². The highest BCUT2D eigenvalue weighted by atomic mass is 16.3. The summed E-state index contributed by atoms with van der Waals surface area (Å²) in [6.07, 6.45) is 0. The van der Waals surface area contributed by atoms with Crippen molar-refractivity contribution < 1.29 is 4.42 Å². The summed E-state index contributed by atoms with van der Waals surface area (Å²) >= 11 is 0. The minimum absolute atomic E-state index is 0.608. The van der Waals surface area contributed by atoms with Crippen molar-refractivity contribution in [1.82, 2.24) is 19.9 Å². The van der Waals surface area contributed by atoms with Crippen LogP contribution in [-0.2, 0) is 0 Å². The SMILES string of the molecule is c1ccc(-c2nc(-c3ccc(-c4ccccc4)c4ccccc34)nc(-c3cc4ccc5ccc6nc(-c7ccccc7)oc6c5c4c4ccccc34)n2)cc1. The topological polar surface area (TPSA) is 64.7 Å². The third-order valence-electron chi connectivity index (χ3n) is 10.5. The minimum Gasteiger partial charge on any atom is -0.435 e. The maximum atomic E-state index is 6.60. The van der Waals surface area contributed by atoms with Gasteiger partial charge in [-0.05, 0) is 73.8 Å². The average molecular weight is 703 g/mol. The zero-order valence-electron chi connectivity index (χ0n) is 29.5. The van der Waals surface area contributed by atoms with Crippen LogP contribution in [0.25, 0.3) is 111 Å². The molecule has 0 N–H and O–H groups in total. The van der Waals surface area contributed by atoms with E-state index in [1.165, 1.54) is 11.1 Å². The zero-order chi connectivity index (χ0) is 36.3. The lowest BCUT2D eigenvalue weighted by Gasteiger charge is -2.15. The van der Waals surface area contributed by atoms with Crippen LogP contribution in [0, 0.1) is 0 Å². The Morgan fingerprint density at radius 2 is 0.836 bits per heavy atom. The van der Waals surface area contributed by atoms with Gasteiger partial charge in [0, 0.05) is 33.0 Å². The van der Waals surface area contributed by atoms with Crippen molar-refractivity contribution >= 4 is 54.2 Å². The number of rotatable bonds is 5. The lowest BCUT2D eigenvalue weighted by molar-refractivity contribution is 0.623. The Hall–Kier alpha value is -7.50. The largest absolute Gasteiger partial charge is 0.435 e. The molecule has 5 heteroatoms. The van der Waals surface area contributed by atoms with Crippen LogP contribution in [0.5, 0.6) is 0 Å². The second-order valence-corrected chi connectivity index (χ2v) is 13.8. The number of aromatic nitrogens is 4. The monoisotopic (exact) mass is 702 g/mol. The van der Waals surface area contributed by atoms with Gasteiger partial charge in [0.05, 0.1) is 0 Å². The summed E-state index contributed by atoms with van der Waals surface area (Å²) in [6.45, 7) is 0. The first-order valence-electron chi connectivity index (χ1n) is 18.4. The van der Waals surface area contributed by atoms with E-state index in [1.54, 1.807) is 0 Å². The minimum atomic E-state index is 0.608. The number of hydrogen-bond donors (Lipinski definition) is 0. The zero-order valence-corrected chi connectivity index (χ0v) is 29.5. The molecule has 0 amide bonds. The van der Waals surface area contributed by atoms with Crippen LogP contribution in [0.15, 0.2) is 186 Å². The van der Waals surface area contributed by atoms with E-state index in [0.717, 1.165) is 76.4 Å². The molecule has 5 nitrogen and oxygen atoms in total. The van der Waals surface area contributed by atoms with E-state index >= 15 is 0 Å². The van der Waals surface area contributed by atoms with Gasteiger partial charge in [0.25, 0.3) is 0 Å². The normalized spacial score (nSPS) is 11.6. The molecule has 11 aromatic rings. The van der Waals surface area contributed by atoms with Crippen molar-refractivity contribution in [2.24, 2.45) is 0 Å². The molecular formula is C50H30N4O. The Bertz CT molecular complexity index is 3250. The number of hydrogen-bond acceptors (Lipinski definition) is 5. The molecule has 0 radical (unpaired) electrons. The fraction of sp³-hybridized carbons (Fsp3) is 0. The van der Waals surface area contributed by atoms with Crippen LogP contribution < -0.4 is 0 Å². The van der Waals surface area contributed by atoms with Gasteiger partial charge in [-0.15, -0.1) is 0 Å². The first-order valence-corrected chi connectivity index (χ1v) is 18.4. The summed E-state index contributed by atoms with van der Waals surface area (Å²) in [4.78, 5) is 20.6. The first kappa shape index (κ1) is 31.1. The molecule has 256 valence electrons. The number of benzene rings is 9. The summed E-state index contributed by atoms with van der Waals surface area (Å²) in [5.74, 6) is 2.47. The van der Waals surface area contributed by atoms with E-state index in [2.05, 4.69) is 121 Å². The lowest BCUT2D eigenvalue weighted by Crippen LogP contribution is -2.01. The van der Waals surface area contributed by atoms with Crippen molar-refractivity contribution in [2.45, 2.75) is 0 Å². The highest BCUT2D eigenvalue weighted by Gasteiger charge is 2.20. The molecule has 0 aliphatic rings. The summed E-state index contributed by atoms with van der Waals surface area (Å²) in [5.41, 5.74) is 7.70. The van der Waals surface area contributed by atoms with Gasteiger partial charge in [-0.25, -0.2) is 19.9 Å².